The average molecular weight is 394 g/mol. The zero-order valence-corrected chi connectivity index (χ0v) is 16.0. The number of phenolic OH excluding ortho intramolecular Hbond substituents is 1. The van der Waals surface area contributed by atoms with Crippen molar-refractivity contribution in [2.45, 2.75) is 32.6 Å². The van der Waals surface area contributed by atoms with Crippen LogP contribution in [-0.4, -0.2) is 39.4 Å². The SMILES string of the molecule is CCOc1cc(C=C2SC(=S)N(CCCCCC(=O)[O-])C2=O)ccc1O. The number of carbonyl (C=O) groups is 2. The lowest BCUT2D eigenvalue weighted by Crippen LogP contribution is -2.29. The normalized spacial score (nSPS) is 15.7. The number of phenols is 1. The van der Waals surface area contributed by atoms with Gasteiger partial charge < -0.3 is 19.7 Å². The largest absolute Gasteiger partial charge is 0.550 e. The smallest absolute Gasteiger partial charge is 0.266 e. The zero-order valence-electron chi connectivity index (χ0n) is 14.4. The standard InChI is InChI=1S/C18H21NO5S2/c1-2-24-14-10-12(7-8-13(14)20)11-15-17(23)19(18(25)26-15)9-5-3-4-6-16(21)22/h7-8,10-11,20H,2-6,9H2,1H3,(H,21,22)/p-1. The molecule has 26 heavy (non-hydrogen) atoms. The van der Waals surface area contributed by atoms with Gasteiger partial charge in [0.25, 0.3) is 5.91 Å². The number of hydrogen-bond acceptors (Lipinski definition) is 7. The number of ether oxygens (including phenoxy) is 1. The molecule has 1 aromatic carbocycles. The summed E-state index contributed by atoms with van der Waals surface area (Å²) in [6, 6.07) is 4.89. The molecule has 6 nitrogen and oxygen atoms in total. The molecule has 0 unspecified atom stereocenters. The molecule has 0 saturated carbocycles. The molecule has 1 aromatic rings. The van der Waals surface area contributed by atoms with Gasteiger partial charge in [0.2, 0.25) is 0 Å². The maximum absolute atomic E-state index is 12.5. The van der Waals surface area contributed by atoms with Gasteiger partial charge >= 0.3 is 0 Å². The minimum absolute atomic E-state index is 0.0291. The van der Waals surface area contributed by atoms with Crippen molar-refractivity contribution in [3.63, 3.8) is 0 Å². The summed E-state index contributed by atoms with van der Waals surface area (Å²) >= 11 is 6.51. The van der Waals surface area contributed by atoms with E-state index in [2.05, 4.69) is 0 Å². The summed E-state index contributed by atoms with van der Waals surface area (Å²) < 4.78 is 5.84. The van der Waals surface area contributed by atoms with Crippen LogP contribution in [0.25, 0.3) is 6.08 Å². The van der Waals surface area contributed by atoms with Crippen LogP contribution in [0.5, 0.6) is 11.5 Å². The molecule has 1 saturated heterocycles. The molecule has 1 N–H and O–H groups in total. The first-order chi connectivity index (χ1) is 12.4. The van der Waals surface area contributed by atoms with Gasteiger partial charge in [-0.05, 0) is 50.0 Å². The van der Waals surface area contributed by atoms with Crippen molar-refractivity contribution in [3.8, 4) is 11.5 Å². The zero-order chi connectivity index (χ0) is 19.1. The number of carboxylic acid groups (broad SMARTS) is 1. The van der Waals surface area contributed by atoms with Crippen molar-refractivity contribution >= 4 is 46.3 Å². The van der Waals surface area contributed by atoms with Crippen LogP contribution < -0.4 is 9.84 Å². The minimum atomic E-state index is -1.06. The summed E-state index contributed by atoms with van der Waals surface area (Å²) in [5.41, 5.74) is 0.737. The van der Waals surface area contributed by atoms with E-state index in [1.54, 1.807) is 18.2 Å². The van der Waals surface area contributed by atoms with E-state index in [0.29, 0.717) is 47.4 Å². The Labute approximate surface area is 161 Å². The van der Waals surface area contributed by atoms with Crippen LogP contribution in [-0.2, 0) is 9.59 Å². The molecule has 1 aliphatic rings. The van der Waals surface area contributed by atoms with Crippen molar-refractivity contribution in [1.82, 2.24) is 4.90 Å². The highest BCUT2D eigenvalue weighted by Crippen LogP contribution is 2.34. The number of hydrogen-bond donors (Lipinski definition) is 1. The Balaban J connectivity index is 2.00. The van der Waals surface area contributed by atoms with Crippen LogP contribution in [0, 0.1) is 0 Å². The number of aliphatic carboxylic acids is 1. The van der Waals surface area contributed by atoms with E-state index < -0.39 is 5.97 Å². The molecule has 1 fully saturated rings. The molecule has 0 aromatic heterocycles. The second-order valence-electron chi connectivity index (χ2n) is 5.68. The second-order valence-corrected chi connectivity index (χ2v) is 7.35. The molecule has 2 rings (SSSR count). The first-order valence-corrected chi connectivity index (χ1v) is 9.56. The molecule has 140 valence electrons. The second kappa shape index (κ2) is 9.59. The number of benzene rings is 1. The van der Waals surface area contributed by atoms with Gasteiger partial charge in [-0.3, -0.25) is 9.69 Å². The van der Waals surface area contributed by atoms with Crippen LogP contribution in [0.3, 0.4) is 0 Å². The highest BCUT2D eigenvalue weighted by Gasteiger charge is 2.31. The van der Waals surface area contributed by atoms with Gasteiger partial charge in [-0.15, -0.1) is 0 Å². The Bertz CT molecular complexity index is 732. The van der Waals surface area contributed by atoms with Gasteiger partial charge in [0.15, 0.2) is 11.5 Å². The summed E-state index contributed by atoms with van der Waals surface area (Å²) in [6.07, 6.45) is 3.65. The molecular weight excluding hydrogens is 374 g/mol. The molecule has 1 aliphatic heterocycles. The molecule has 1 amide bonds. The fourth-order valence-corrected chi connectivity index (χ4v) is 3.76. The van der Waals surface area contributed by atoms with Gasteiger partial charge in [0.05, 0.1) is 11.5 Å². The lowest BCUT2D eigenvalue weighted by atomic mass is 10.1. The van der Waals surface area contributed by atoms with Crippen molar-refractivity contribution < 1.29 is 24.5 Å². The van der Waals surface area contributed by atoms with E-state index in [1.807, 2.05) is 6.92 Å². The van der Waals surface area contributed by atoms with Gasteiger partial charge in [-0.2, -0.15) is 0 Å². The third-order valence-electron chi connectivity index (χ3n) is 3.72. The van der Waals surface area contributed by atoms with Crippen LogP contribution in [0.1, 0.15) is 38.2 Å². The summed E-state index contributed by atoms with van der Waals surface area (Å²) in [5.74, 6) is -0.803. The molecule has 0 atom stereocenters. The molecule has 1 heterocycles. The first kappa shape index (κ1) is 20.3. The summed E-state index contributed by atoms with van der Waals surface area (Å²) in [5, 5.41) is 20.1. The summed E-state index contributed by atoms with van der Waals surface area (Å²) in [7, 11) is 0. The molecule has 0 bridgehead atoms. The fraction of sp³-hybridized carbons (Fsp3) is 0.389. The number of unbranched alkanes of at least 4 members (excludes halogenated alkanes) is 2. The van der Waals surface area contributed by atoms with Crippen molar-refractivity contribution in [2.24, 2.45) is 0 Å². The lowest BCUT2D eigenvalue weighted by molar-refractivity contribution is -0.305. The van der Waals surface area contributed by atoms with Crippen LogP contribution in [0.15, 0.2) is 23.1 Å². The maximum Gasteiger partial charge on any atom is 0.266 e. The number of thiocarbonyl (C=S) groups is 1. The number of nitrogens with zero attached hydrogens (tertiary/aromatic N) is 1. The van der Waals surface area contributed by atoms with Crippen LogP contribution in [0.4, 0.5) is 0 Å². The van der Waals surface area contributed by atoms with Crippen LogP contribution in [0.2, 0.25) is 0 Å². The molecule has 8 heteroatoms. The number of carboxylic acids is 1. The van der Waals surface area contributed by atoms with Crippen molar-refractivity contribution in [3.05, 3.63) is 28.7 Å². The van der Waals surface area contributed by atoms with E-state index in [4.69, 9.17) is 17.0 Å². The summed E-state index contributed by atoms with van der Waals surface area (Å²) in [4.78, 5) is 25.0. The molecule has 0 radical (unpaired) electrons. The van der Waals surface area contributed by atoms with Gasteiger partial charge in [0.1, 0.15) is 4.32 Å². The van der Waals surface area contributed by atoms with Crippen molar-refractivity contribution in [2.75, 3.05) is 13.2 Å². The molecular formula is C18H20NO5S2-. The highest BCUT2D eigenvalue weighted by molar-refractivity contribution is 8.26. The average Bonchev–Trinajstić information content (AvgIpc) is 2.84. The Morgan fingerprint density at radius 1 is 1.38 bits per heavy atom. The van der Waals surface area contributed by atoms with Crippen molar-refractivity contribution in [1.29, 1.82) is 0 Å². The van der Waals surface area contributed by atoms with Gasteiger partial charge in [-0.25, -0.2) is 0 Å². The van der Waals surface area contributed by atoms with E-state index in [1.165, 1.54) is 22.7 Å². The number of aromatic hydroxyl groups is 1. The minimum Gasteiger partial charge on any atom is -0.550 e. The summed E-state index contributed by atoms with van der Waals surface area (Å²) in [6.45, 7) is 2.72. The first-order valence-electron chi connectivity index (χ1n) is 8.33. The lowest BCUT2D eigenvalue weighted by Gasteiger charge is -2.14. The quantitative estimate of drug-likeness (QED) is 0.390. The molecule has 0 spiro atoms. The predicted octanol–water partition coefficient (Wildman–Crippen LogP) is 2.30. The van der Waals surface area contributed by atoms with Gasteiger partial charge in [-0.1, -0.05) is 36.5 Å². The maximum atomic E-state index is 12.5. The van der Waals surface area contributed by atoms with Gasteiger partial charge in [0, 0.05) is 12.5 Å². The fourth-order valence-electron chi connectivity index (χ4n) is 2.45. The number of rotatable bonds is 9. The number of carbonyl (C=O) groups excluding carboxylic acids is 2. The monoisotopic (exact) mass is 394 g/mol. The Kier molecular flexibility index (Phi) is 7.47. The van der Waals surface area contributed by atoms with E-state index in [9.17, 15) is 19.8 Å². The predicted molar refractivity (Wildman–Crippen MR) is 103 cm³/mol. The Morgan fingerprint density at radius 3 is 2.85 bits per heavy atom. The number of thioether (sulfide) groups is 1. The molecule has 0 aliphatic carbocycles. The Morgan fingerprint density at radius 2 is 2.15 bits per heavy atom. The third-order valence-corrected chi connectivity index (χ3v) is 5.10. The third kappa shape index (κ3) is 5.47. The number of amides is 1. The Hall–Kier alpha value is -2.06. The van der Waals surface area contributed by atoms with E-state index >= 15 is 0 Å². The van der Waals surface area contributed by atoms with E-state index in [0.717, 1.165) is 5.56 Å². The highest BCUT2D eigenvalue weighted by atomic mass is 32.2. The topological polar surface area (TPSA) is 89.9 Å². The van der Waals surface area contributed by atoms with Crippen LogP contribution >= 0.6 is 24.0 Å². The van der Waals surface area contributed by atoms with E-state index in [-0.39, 0.29) is 18.1 Å².